The Kier molecular flexibility index (Phi) is 3.23. The molecule has 0 atom stereocenters. The molecule has 2 rings (SSSR count). The number of rotatable bonds is 0. The zero-order chi connectivity index (χ0) is 8.93. The van der Waals surface area contributed by atoms with E-state index in [0.717, 1.165) is 5.56 Å². The van der Waals surface area contributed by atoms with Crippen LogP contribution in [0.15, 0.2) is 30.3 Å². The van der Waals surface area contributed by atoms with E-state index in [-0.39, 0.29) is 0 Å². The summed E-state index contributed by atoms with van der Waals surface area (Å²) in [6.45, 7) is 0. The summed E-state index contributed by atoms with van der Waals surface area (Å²) >= 11 is 3.90. The van der Waals surface area contributed by atoms with Crippen molar-refractivity contribution in [3.05, 3.63) is 35.9 Å². The van der Waals surface area contributed by atoms with Crippen LogP contribution >= 0.6 is 23.5 Å². The van der Waals surface area contributed by atoms with Gasteiger partial charge in [0.15, 0.2) is 0 Å². The second kappa shape index (κ2) is 4.64. The molecule has 0 nitrogen and oxygen atoms in total. The summed E-state index contributed by atoms with van der Waals surface area (Å²) < 4.78 is 0.500. The molecule has 0 N–H and O–H groups in total. The molecule has 1 aromatic rings. The highest BCUT2D eigenvalue weighted by Gasteiger charge is 2.12. The molecule has 0 radical (unpaired) electrons. The predicted molar refractivity (Wildman–Crippen MR) is 62.0 cm³/mol. The molecule has 66 valence electrons. The van der Waals surface area contributed by atoms with Gasteiger partial charge in [-0.2, -0.15) is 0 Å². The fraction of sp³-hybridized carbons (Fsp3) is 0.273. The highest BCUT2D eigenvalue weighted by atomic mass is 32.2. The average Bonchev–Trinajstić information content (AvgIpc) is 2.69. The maximum absolute atomic E-state index is 3.27. The SMILES string of the molecule is C(#CC1SCCS1)c1ccccc1. The van der Waals surface area contributed by atoms with Gasteiger partial charge in [0.05, 0.1) is 0 Å². The molecule has 1 heterocycles. The Hall–Kier alpha value is -0.520. The molecule has 0 amide bonds. The summed E-state index contributed by atoms with van der Waals surface area (Å²) in [6.07, 6.45) is 0. The van der Waals surface area contributed by atoms with E-state index in [4.69, 9.17) is 0 Å². The standard InChI is InChI=1S/C11H10S2/c1-2-4-10(5-3-1)6-7-11-12-8-9-13-11/h1-5,11H,8-9H2. The first kappa shape index (κ1) is 9.05. The summed E-state index contributed by atoms with van der Waals surface area (Å²) in [7, 11) is 0. The summed E-state index contributed by atoms with van der Waals surface area (Å²) in [5.74, 6) is 8.97. The summed E-state index contributed by atoms with van der Waals surface area (Å²) in [5, 5.41) is 0. The van der Waals surface area contributed by atoms with Crippen LogP contribution in [0, 0.1) is 11.8 Å². The van der Waals surface area contributed by atoms with E-state index < -0.39 is 0 Å². The molecule has 2 heteroatoms. The van der Waals surface area contributed by atoms with Crippen LogP contribution in [0.2, 0.25) is 0 Å². The molecular weight excluding hydrogens is 196 g/mol. The van der Waals surface area contributed by atoms with E-state index in [1.807, 2.05) is 41.7 Å². The van der Waals surface area contributed by atoms with Crippen molar-refractivity contribution in [3.63, 3.8) is 0 Å². The van der Waals surface area contributed by atoms with Gasteiger partial charge in [-0.25, -0.2) is 0 Å². The van der Waals surface area contributed by atoms with Crippen molar-refractivity contribution in [2.24, 2.45) is 0 Å². The molecule has 0 spiro atoms. The average molecular weight is 206 g/mol. The monoisotopic (exact) mass is 206 g/mol. The Balaban J connectivity index is 2.03. The number of benzene rings is 1. The minimum Gasteiger partial charge on any atom is -0.134 e. The Labute approximate surface area is 87.5 Å². The van der Waals surface area contributed by atoms with E-state index in [9.17, 15) is 0 Å². The molecule has 1 aliphatic heterocycles. The van der Waals surface area contributed by atoms with E-state index in [1.54, 1.807) is 0 Å². The number of thioether (sulfide) groups is 2. The van der Waals surface area contributed by atoms with Crippen molar-refractivity contribution in [3.8, 4) is 11.8 Å². The lowest BCUT2D eigenvalue weighted by Gasteiger charge is -1.94. The minimum absolute atomic E-state index is 0.500. The lowest BCUT2D eigenvalue weighted by Crippen LogP contribution is -1.83. The molecular formula is C11H10S2. The van der Waals surface area contributed by atoms with Gasteiger partial charge in [-0.05, 0) is 12.1 Å². The molecule has 1 aromatic carbocycles. The zero-order valence-electron chi connectivity index (χ0n) is 7.19. The first-order valence-corrected chi connectivity index (χ1v) is 6.35. The van der Waals surface area contributed by atoms with Crippen LogP contribution in [-0.2, 0) is 0 Å². The van der Waals surface area contributed by atoms with E-state index in [1.165, 1.54) is 11.5 Å². The van der Waals surface area contributed by atoms with Gasteiger partial charge in [0.25, 0.3) is 0 Å². The molecule has 13 heavy (non-hydrogen) atoms. The molecule has 0 aliphatic carbocycles. The molecule has 0 saturated carbocycles. The van der Waals surface area contributed by atoms with Crippen molar-refractivity contribution < 1.29 is 0 Å². The van der Waals surface area contributed by atoms with Crippen molar-refractivity contribution in [2.45, 2.75) is 4.58 Å². The van der Waals surface area contributed by atoms with Crippen LogP contribution in [0.25, 0.3) is 0 Å². The van der Waals surface area contributed by atoms with Gasteiger partial charge in [0.1, 0.15) is 4.58 Å². The van der Waals surface area contributed by atoms with Crippen molar-refractivity contribution in [1.29, 1.82) is 0 Å². The fourth-order valence-electron chi connectivity index (χ4n) is 1.11. The lowest BCUT2D eigenvalue weighted by molar-refractivity contribution is 1.59. The topological polar surface area (TPSA) is 0 Å². The number of hydrogen-bond acceptors (Lipinski definition) is 2. The Morgan fingerprint density at radius 1 is 1.08 bits per heavy atom. The quantitative estimate of drug-likeness (QED) is 0.599. The van der Waals surface area contributed by atoms with Crippen LogP contribution in [0.4, 0.5) is 0 Å². The second-order valence-corrected chi connectivity index (χ2v) is 5.43. The van der Waals surface area contributed by atoms with Gasteiger partial charge in [0, 0.05) is 17.1 Å². The maximum atomic E-state index is 3.27. The molecule has 1 aliphatic rings. The van der Waals surface area contributed by atoms with Crippen molar-refractivity contribution in [1.82, 2.24) is 0 Å². The van der Waals surface area contributed by atoms with Gasteiger partial charge < -0.3 is 0 Å². The summed E-state index contributed by atoms with van der Waals surface area (Å²) in [4.78, 5) is 0. The zero-order valence-corrected chi connectivity index (χ0v) is 8.83. The maximum Gasteiger partial charge on any atom is 0.111 e. The molecule has 0 aromatic heterocycles. The van der Waals surface area contributed by atoms with E-state index in [2.05, 4.69) is 24.0 Å². The lowest BCUT2D eigenvalue weighted by atomic mass is 10.2. The van der Waals surface area contributed by atoms with Crippen LogP contribution in [-0.4, -0.2) is 16.1 Å². The van der Waals surface area contributed by atoms with Crippen molar-refractivity contribution >= 4 is 23.5 Å². The largest absolute Gasteiger partial charge is 0.134 e. The summed E-state index contributed by atoms with van der Waals surface area (Å²) in [5.41, 5.74) is 1.12. The molecule has 1 saturated heterocycles. The van der Waals surface area contributed by atoms with Gasteiger partial charge >= 0.3 is 0 Å². The van der Waals surface area contributed by atoms with E-state index in [0.29, 0.717) is 4.58 Å². The van der Waals surface area contributed by atoms with Crippen LogP contribution in [0.1, 0.15) is 5.56 Å². The smallest absolute Gasteiger partial charge is 0.111 e. The first-order chi connectivity index (χ1) is 6.45. The first-order valence-electron chi connectivity index (χ1n) is 4.25. The third kappa shape index (κ3) is 2.72. The molecule has 0 unspecified atom stereocenters. The third-order valence-corrected chi connectivity index (χ3v) is 4.53. The fourth-order valence-corrected chi connectivity index (χ4v) is 3.55. The third-order valence-electron chi connectivity index (χ3n) is 1.73. The second-order valence-electron chi connectivity index (χ2n) is 2.71. The molecule has 0 bridgehead atoms. The highest BCUT2D eigenvalue weighted by molar-refractivity contribution is 8.20. The van der Waals surface area contributed by atoms with Crippen LogP contribution in [0.5, 0.6) is 0 Å². The van der Waals surface area contributed by atoms with Crippen molar-refractivity contribution in [2.75, 3.05) is 11.5 Å². The Morgan fingerprint density at radius 2 is 1.77 bits per heavy atom. The van der Waals surface area contributed by atoms with Gasteiger partial charge in [-0.15, -0.1) is 23.5 Å². The Morgan fingerprint density at radius 3 is 2.46 bits per heavy atom. The van der Waals surface area contributed by atoms with Crippen LogP contribution in [0.3, 0.4) is 0 Å². The minimum atomic E-state index is 0.500. The van der Waals surface area contributed by atoms with Gasteiger partial charge in [-0.3, -0.25) is 0 Å². The van der Waals surface area contributed by atoms with Gasteiger partial charge in [-0.1, -0.05) is 30.0 Å². The molecule has 1 fully saturated rings. The van der Waals surface area contributed by atoms with Crippen LogP contribution < -0.4 is 0 Å². The normalized spacial score (nSPS) is 16.6. The van der Waals surface area contributed by atoms with E-state index >= 15 is 0 Å². The number of hydrogen-bond donors (Lipinski definition) is 0. The predicted octanol–water partition coefficient (Wildman–Crippen LogP) is 2.84. The van der Waals surface area contributed by atoms with Gasteiger partial charge in [0.2, 0.25) is 0 Å². The highest BCUT2D eigenvalue weighted by Crippen LogP contribution is 2.30. The summed E-state index contributed by atoms with van der Waals surface area (Å²) in [6, 6.07) is 10.2. The Bertz CT molecular complexity index is 315.